The van der Waals surface area contributed by atoms with Gasteiger partial charge in [0.15, 0.2) is 0 Å². The Morgan fingerprint density at radius 3 is 2.36 bits per heavy atom. The summed E-state index contributed by atoms with van der Waals surface area (Å²) in [7, 11) is 0. The number of rotatable bonds is 4. The zero-order valence-corrected chi connectivity index (χ0v) is 16.7. The predicted molar refractivity (Wildman–Crippen MR) is 112 cm³/mol. The minimum atomic E-state index is -0.262. The summed E-state index contributed by atoms with van der Waals surface area (Å²) in [5, 5.41) is 0.370. The van der Waals surface area contributed by atoms with Gasteiger partial charge in [-0.2, -0.15) is 0 Å². The SMILES string of the molecule is O=C1S/C(=C/c2ccc(N3CCOCC3)cc2)C(=O)N1Cc1ccc(Cl)cc1. The average Bonchev–Trinajstić information content (AvgIpc) is 2.98. The largest absolute Gasteiger partial charge is 0.378 e. The smallest absolute Gasteiger partial charge is 0.293 e. The highest BCUT2D eigenvalue weighted by Crippen LogP contribution is 2.33. The minimum Gasteiger partial charge on any atom is -0.378 e. The maximum absolute atomic E-state index is 12.7. The van der Waals surface area contributed by atoms with Gasteiger partial charge in [-0.05, 0) is 53.2 Å². The van der Waals surface area contributed by atoms with Crippen LogP contribution in [0.5, 0.6) is 0 Å². The van der Waals surface area contributed by atoms with Crippen molar-refractivity contribution in [1.82, 2.24) is 4.90 Å². The highest BCUT2D eigenvalue weighted by Gasteiger charge is 2.34. The Labute approximate surface area is 172 Å². The van der Waals surface area contributed by atoms with Crippen LogP contribution in [0.15, 0.2) is 53.4 Å². The Morgan fingerprint density at radius 1 is 1.00 bits per heavy atom. The van der Waals surface area contributed by atoms with Gasteiger partial charge < -0.3 is 9.64 Å². The summed E-state index contributed by atoms with van der Waals surface area (Å²) in [5.74, 6) is -0.262. The first-order valence-electron chi connectivity index (χ1n) is 9.03. The van der Waals surface area contributed by atoms with Crippen LogP contribution < -0.4 is 4.90 Å². The molecule has 0 radical (unpaired) electrons. The summed E-state index contributed by atoms with van der Waals surface area (Å²) in [4.78, 5) is 29.0. The Balaban J connectivity index is 1.46. The number of ether oxygens (including phenoxy) is 1. The van der Waals surface area contributed by atoms with E-state index in [0.717, 1.165) is 54.9 Å². The zero-order chi connectivity index (χ0) is 19.5. The summed E-state index contributed by atoms with van der Waals surface area (Å²) >= 11 is 6.87. The second-order valence-corrected chi connectivity index (χ2v) is 8.01. The fourth-order valence-corrected chi connectivity index (χ4v) is 4.13. The van der Waals surface area contributed by atoms with Gasteiger partial charge in [-0.1, -0.05) is 35.9 Å². The van der Waals surface area contributed by atoms with Gasteiger partial charge in [0.25, 0.3) is 11.1 Å². The van der Waals surface area contributed by atoms with E-state index < -0.39 is 0 Å². The van der Waals surface area contributed by atoms with Crippen molar-refractivity contribution < 1.29 is 14.3 Å². The zero-order valence-electron chi connectivity index (χ0n) is 15.1. The molecule has 0 atom stereocenters. The highest BCUT2D eigenvalue weighted by molar-refractivity contribution is 8.18. The van der Waals surface area contributed by atoms with Crippen LogP contribution >= 0.6 is 23.4 Å². The standard InChI is InChI=1S/C21H19ClN2O3S/c22-17-5-1-16(2-6-17)14-24-20(25)19(28-21(24)26)13-15-3-7-18(8-4-15)23-9-11-27-12-10-23/h1-8,13H,9-12,14H2/b19-13+. The molecule has 2 amide bonds. The summed E-state index contributed by atoms with van der Waals surface area (Å²) in [5.41, 5.74) is 2.90. The number of benzene rings is 2. The van der Waals surface area contributed by atoms with Crippen LogP contribution in [0.25, 0.3) is 6.08 Å². The lowest BCUT2D eigenvalue weighted by atomic mass is 10.1. The number of anilines is 1. The minimum absolute atomic E-state index is 0.245. The third-order valence-electron chi connectivity index (χ3n) is 4.69. The fourth-order valence-electron chi connectivity index (χ4n) is 3.16. The molecule has 2 aliphatic heterocycles. The third kappa shape index (κ3) is 4.24. The van der Waals surface area contributed by atoms with Crippen molar-refractivity contribution in [2.24, 2.45) is 0 Å². The van der Waals surface area contributed by atoms with Crippen LogP contribution in [-0.2, 0) is 16.1 Å². The van der Waals surface area contributed by atoms with E-state index in [9.17, 15) is 9.59 Å². The van der Waals surface area contributed by atoms with Gasteiger partial charge in [-0.3, -0.25) is 14.5 Å². The van der Waals surface area contributed by atoms with Crippen LogP contribution in [0.3, 0.4) is 0 Å². The molecule has 2 heterocycles. The lowest BCUT2D eigenvalue weighted by Crippen LogP contribution is -2.36. The number of halogens is 1. The number of thioether (sulfide) groups is 1. The molecular weight excluding hydrogens is 396 g/mol. The first kappa shape index (κ1) is 19.1. The first-order valence-corrected chi connectivity index (χ1v) is 10.2. The molecule has 144 valence electrons. The molecule has 2 aromatic carbocycles. The van der Waals surface area contributed by atoms with E-state index in [2.05, 4.69) is 4.90 Å². The molecule has 4 rings (SSSR count). The predicted octanol–water partition coefficient (Wildman–Crippen LogP) is 4.41. The summed E-state index contributed by atoms with van der Waals surface area (Å²) in [6, 6.07) is 15.2. The number of carbonyl (C=O) groups excluding carboxylic acids is 2. The molecule has 0 aliphatic carbocycles. The van der Waals surface area contributed by atoms with Crippen molar-refractivity contribution in [3.63, 3.8) is 0 Å². The van der Waals surface area contributed by atoms with Crippen LogP contribution in [0, 0.1) is 0 Å². The van der Waals surface area contributed by atoms with Crippen LogP contribution in [0.2, 0.25) is 5.02 Å². The van der Waals surface area contributed by atoms with Crippen molar-refractivity contribution in [2.45, 2.75) is 6.54 Å². The van der Waals surface area contributed by atoms with Crippen molar-refractivity contribution in [1.29, 1.82) is 0 Å². The van der Waals surface area contributed by atoms with Crippen LogP contribution in [0.4, 0.5) is 10.5 Å². The van der Waals surface area contributed by atoms with E-state index in [4.69, 9.17) is 16.3 Å². The lowest BCUT2D eigenvalue weighted by Gasteiger charge is -2.28. The van der Waals surface area contributed by atoms with Gasteiger partial charge in [0, 0.05) is 23.8 Å². The van der Waals surface area contributed by atoms with Crippen molar-refractivity contribution in [3.8, 4) is 0 Å². The lowest BCUT2D eigenvalue weighted by molar-refractivity contribution is -0.123. The van der Waals surface area contributed by atoms with Crippen molar-refractivity contribution in [2.75, 3.05) is 31.2 Å². The van der Waals surface area contributed by atoms with Crippen molar-refractivity contribution in [3.05, 3.63) is 69.6 Å². The van der Waals surface area contributed by atoms with Gasteiger partial charge in [0.1, 0.15) is 0 Å². The number of imide groups is 1. The number of hydrogen-bond donors (Lipinski definition) is 0. The molecule has 5 nitrogen and oxygen atoms in total. The second kappa shape index (κ2) is 8.39. The maximum atomic E-state index is 12.7. The van der Waals surface area contributed by atoms with E-state index in [1.807, 2.05) is 36.4 Å². The Kier molecular flexibility index (Phi) is 5.71. The number of hydrogen-bond acceptors (Lipinski definition) is 5. The molecule has 28 heavy (non-hydrogen) atoms. The van der Waals surface area contributed by atoms with E-state index in [1.54, 1.807) is 18.2 Å². The Morgan fingerprint density at radius 2 is 1.68 bits per heavy atom. The van der Waals surface area contributed by atoms with E-state index >= 15 is 0 Å². The fraction of sp³-hybridized carbons (Fsp3) is 0.238. The molecule has 2 aliphatic rings. The van der Waals surface area contributed by atoms with Crippen LogP contribution in [0.1, 0.15) is 11.1 Å². The molecule has 0 spiro atoms. The topological polar surface area (TPSA) is 49.9 Å². The van der Waals surface area contributed by atoms with Gasteiger partial charge >= 0.3 is 0 Å². The third-order valence-corrected chi connectivity index (χ3v) is 5.85. The van der Waals surface area contributed by atoms with Gasteiger partial charge in [0.05, 0.1) is 24.7 Å². The molecule has 2 aromatic rings. The van der Waals surface area contributed by atoms with E-state index in [1.165, 1.54) is 4.90 Å². The molecule has 7 heteroatoms. The number of morpholine rings is 1. The van der Waals surface area contributed by atoms with E-state index in [0.29, 0.717) is 9.93 Å². The molecule has 0 unspecified atom stereocenters. The maximum Gasteiger partial charge on any atom is 0.293 e. The van der Waals surface area contributed by atoms with Gasteiger partial charge in [0.2, 0.25) is 0 Å². The molecule has 2 fully saturated rings. The number of amides is 2. The monoisotopic (exact) mass is 414 g/mol. The number of nitrogens with zero attached hydrogens (tertiary/aromatic N) is 2. The summed E-state index contributed by atoms with van der Waals surface area (Å²) in [6.07, 6.45) is 1.77. The molecule has 0 aromatic heterocycles. The molecular formula is C21H19ClN2O3S. The second-order valence-electron chi connectivity index (χ2n) is 6.59. The Hall–Kier alpha value is -2.28. The highest BCUT2D eigenvalue weighted by atomic mass is 35.5. The summed E-state index contributed by atoms with van der Waals surface area (Å²) < 4.78 is 5.38. The van der Waals surface area contributed by atoms with Gasteiger partial charge in [-0.15, -0.1) is 0 Å². The normalized spacial score (nSPS) is 19.0. The van der Waals surface area contributed by atoms with Gasteiger partial charge in [-0.25, -0.2) is 0 Å². The Bertz CT molecular complexity index is 906. The molecule has 0 saturated carbocycles. The average molecular weight is 415 g/mol. The van der Waals surface area contributed by atoms with Crippen molar-refractivity contribution >= 4 is 46.3 Å². The molecule has 0 N–H and O–H groups in total. The molecule has 0 bridgehead atoms. The number of carbonyl (C=O) groups is 2. The van der Waals surface area contributed by atoms with Crippen LogP contribution in [-0.4, -0.2) is 42.3 Å². The first-order chi connectivity index (χ1) is 13.6. The molecule has 2 saturated heterocycles. The summed E-state index contributed by atoms with van der Waals surface area (Å²) in [6.45, 7) is 3.48. The quantitative estimate of drug-likeness (QED) is 0.693. The van der Waals surface area contributed by atoms with E-state index in [-0.39, 0.29) is 17.7 Å².